The van der Waals surface area contributed by atoms with E-state index in [4.69, 9.17) is 44.9 Å². The second-order valence-electron chi connectivity index (χ2n) is 22.9. The molecule has 0 unspecified atom stereocenters. The quantitative estimate of drug-likeness (QED) is 0.116. The van der Waals surface area contributed by atoms with E-state index < -0.39 is 0 Å². The summed E-state index contributed by atoms with van der Waals surface area (Å²) in [6.45, 7) is 0. The average molecular weight is 1200 g/mol. The SMILES string of the molecule is N#Cc1ccc(-n2c3ccccc3c3cc(-c4nc(-c5ccccc5)nc(-c5ccccc5)n4)ccc32)c(-c2cc(-c3nc(-c4ccccc4)nc(-c4ccccc4)n3)ccc2-n2c3ccccc3c3cc(-c4nc(-c5ccccc5)nc(-c5ccccc5)n4)ccc32)c1. The number of para-hydroxylation sites is 2. The fraction of sp³-hybridized carbons (Fsp3) is 0. The van der Waals surface area contributed by atoms with Crippen molar-refractivity contribution in [2.75, 3.05) is 0 Å². The van der Waals surface area contributed by atoms with Gasteiger partial charge in [0.2, 0.25) is 0 Å². The van der Waals surface area contributed by atoms with Gasteiger partial charge in [-0.25, -0.2) is 44.9 Å². The van der Waals surface area contributed by atoms with E-state index in [9.17, 15) is 5.26 Å². The summed E-state index contributed by atoms with van der Waals surface area (Å²) in [6, 6.07) is 105. The van der Waals surface area contributed by atoms with E-state index in [1.54, 1.807) is 0 Å². The second-order valence-corrected chi connectivity index (χ2v) is 22.9. The summed E-state index contributed by atoms with van der Waals surface area (Å²) in [5.41, 5.74) is 15.4. The van der Waals surface area contributed by atoms with Crippen molar-refractivity contribution in [1.29, 1.82) is 5.26 Å². The summed E-state index contributed by atoms with van der Waals surface area (Å²) in [6.07, 6.45) is 0. The smallest absolute Gasteiger partial charge is 0.164 e. The van der Waals surface area contributed by atoms with Gasteiger partial charge in [-0.1, -0.05) is 218 Å². The highest BCUT2D eigenvalue weighted by Crippen LogP contribution is 2.44. The highest BCUT2D eigenvalue weighted by Gasteiger charge is 2.25. The molecule has 12 nitrogen and oxygen atoms in total. The summed E-state index contributed by atoms with van der Waals surface area (Å²) in [5, 5.41) is 15.1. The molecule has 0 saturated heterocycles. The lowest BCUT2D eigenvalue weighted by atomic mass is 9.96. The third-order valence-corrected chi connectivity index (χ3v) is 17.1. The number of hydrogen-bond donors (Lipinski definition) is 0. The first-order valence-corrected chi connectivity index (χ1v) is 30.9. The van der Waals surface area contributed by atoms with Crippen LogP contribution in [0.3, 0.4) is 0 Å². The van der Waals surface area contributed by atoms with Crippen LogP contribution in [0.5, 0.6) is 0 Å². The third kappa shape index (κ3) is 9.95. The lowest BCUT2D eigenvalue weighted by Crippen LogP contribution is -2.04. The molecule has 0 radical (unpaired) electrons. The predicted molar refractivity (Wildman–Crippen MR) is 374 cm³/mol. The fourth-order valence-electron chi connectivity index (χ4n) is 12.7. The van der Waals surface area contributed by atoms with Crippen molar-refractivity contribution in [3.8, 4) is 131 Å². The van der Waals surface area contributed by atoms with Crippen LogP contribution in [-0.4, -0.2) is 54.0 Å². The molecule has 0 fully saturated rings. The van der Waals surface area contributed by atoms with E-state index >= 15 is 0 Å². The van der Waals surface area contributed by atoms with E-state index in [0.717, 1.165) is 116 Å². The zero-order valence-electron chi connectivity index (χ0n) is 50.2. The summed E-state index contributed by atoms with van der Waals surface area (Å²) in [4.78, 5) is 46.2. The average Bonchev–Trinajstić information content (AvgIpc) is 1.55. The molecule has 12 aromatic carbocycles. The summed E-state index contributed by atoms with van der Waals surface area (Å²) in [5.74, 6) is 5.00. The Morgan fingerprint density at radius 2 is 0.468 bits per heavy atom. The molecule has 0 aliphatic carbocycles. The summed E-state index contributed by atoms with van der Waals surface area (Å²) < 4.78 is 4.64. The van der Waals surface area contributed by atoms with Crippen LogP contribution in [0.1, 0.15) is 5.56 Å². The van der Waals surface area contributed by atoms with Crippen LogP contribution in [-0.2, 0) is 0 Å². The Hall–Kier alpha value is -13.2. The van der Waals surface area contributed by atoms with Crippen LogP contribution in [0.4, 0.5) is 0 Å². The number of rotatable bonds is 12. The van der Waals surface area contributed by atoms with Gasteiger partial charge >= 0.3 is 0 Å². The minimum absolute atomic E-state index is 0.487. The van der Waals surface area contributed by atoms with Crippen molar-refractivity contribution < 1.29 is 0 Å². The van der Waals surface area contributed by atoms with Gasteiger partial charge in [0.25, 0.3) is 0 Å². The highest BCUT2D eigenvalue weighted by molar-refractivity contribution is 6.13. The monoisotopic (exact) mass is 1200 g/mol. The molecule has 0 N–H and O–H groups in total. The molecule has 5 aromatic heterocycles. The molecule has 0 amide bonds. The van der Waals surface area contributed by atoms with Gasteiger partial charge in [-0.3, -0.25) is 0 Å². The molecule has 0 spiro atoms. The minimum atomic E-state index is 0.487. The van der Waals surface area contributed by atoms with Gasteiger partial charge in [-0.15, -0.1) is 0 Å². The Morgan fingerprint density at radius 3 is 0.798 bits per heavy atom. The first-order chi connectivity index (χ1) is 46.5. The Morgan fingerprint density at radius 1 is 0.213 bits per heavy atom. The van der Waals surface area contributed by atoms with Crippen LogP contribution < -0.4 is 0 Å². The van der Waals surface area contributed by atoms with Gasteiger partial charge in [-0.05, 0) is 84.9 Å². The fourth-order valence-corrected chi connectivity index (χ4v) is 12.7. The van der Waals surface area contributed by atoms with Crippen molar-refractivity contribution in [3.05, 3.63) is 309 Å². The topological polar surface area (TPSA) is 150 Å². The lowest BCUT2D eigenvalue weighted by Gasteiger charge is -2.20. The minimum Gasteiger partial charge on any atom is -0.309 e. The number of hydrogen-bond acceptors (Lipinski definition) is 10. The Balaban J connectivity index is 0.900. The standard InChI is InChI=1S/C82H50N12/c83-51-52-39-43-70(93-68-37-21-19-35-62(68)65-48-59(40-44-71(65)93)80-87-74(53-23-7-1-8-24-53)84-75(88-80)54-25-9-2-10-26-54)64(47-52)67-50-61(82-91-78(57-31-15-5-16-32-57)86-79(92-82)58-33-17-6-18-34-58)42-46-73(67)94-69-38-22-20-36-63(69)66-49-60(41-45-72(66)94)81-89-76(55-27-11-3-12-28-55)85-77(90-81)56-29-13-4-14-30-56/h1-50H. The summed E-state index contributed by atoms with van der Waals surface area (Å²) in [7, 11) is 0. The molecule has 0 aliphatic rings. The summed E-state index contributed by atoms with van der Waals surface area (Å²) >= 11 is 0. The lowest BCUT2D eigenvalue weighted by molar-refractivity contribution is 1.07. The molecular weight excluding hydrogens is 1150 g/mol. The zero-order valence-corrected chi connectivity index (χ0v) is 50.2. The normalized spacial score (nSPS) is 11.4. The number of nitriles is 1. The third-order valence-electron chi connectivity index (χ3n) is 17.1. The molecule has 0 atom stereocenters. The molecule has 17 rings (SSSR count). The molecule has 438 valence electrons. The van der Waals surface area contributed by atoms with Crippen LogP contribution in [0, 0.1) is 11.3 Å². The Labute approximate surface area is 539 Å². The molecule has 94 heavy (non-hydrogen) atoms. The van der Waals surface area contributed by atoms with Crippen LogP contribution >= 0.6 is 0 Å². The van der Waals surface area contributed by atoms with Crippen LogP contribution in [0.15, 0.2) is 303 Å². The first kappa shape index (κ1) is 54.9. The van der Waals surface area contributed by atoms with Gasteiger partial charge < -0.3 is 9.13 Å². The first-order valence-electron chi connectivity index (χ1n) is 30.9. The van der Waals surface area contributed by atoms with E-state index in [0.29, 0.717) is 58.0 Å². The van der Waals surface area contributed by atoms with Gasteiger partial charge in [0.1, 0.15) is 0 Å². The van der Waals surface area contributed by atoms with Gasteiger partial charge in [-0.2, -0.15) is 5.26 Å². The van der Waals surface area contributed by atoms with Crippen molar-refractivity contribution >= 4 is 43.6 Å². The van der Waals surface area contributed by atoms with Crippen molar-refractivity contribution in [2.24, 2.45) is 0 Å². The maximum Gasteiger partial charge on any atom is 0.164 e. The molecule has 5 heterocycles. The Kier molecular flexibility index (Phi) is 13.6. The number of nitrogens with zero attached hydrogens (tertiary/aromatic N) is 12. The highest BCUT2D eigenvalue weighted by atomic mass is 15.1. The molecule has 0 saturated carbocycles. The maximum atomic E-state index is 11.0. The number of benzene rings is 12. The number of fused-ring (bicyclic) bond motifs is 6. The van der Waals surface area contributed by atoms with E-state index in [2.05, 4.69) is 124 Å². The molecule has 12 heteroatoms. The van der Waals surface area contributed by atoms with Gasteiger partial charge in [0.15, 0.2) is 52.4 Å². The van der Waals surface area contributed by atoms with E-state index in [1.807, 2.05) is 194 Å². The van der Waals surface area contributed by atoms with E-state index in [-0.39, 0.29) is 0 Å². The van der Waals surface area contributed by atoms with Gasteiger partial charge in [0.05, 0.1) is 45.1 Å². The van der Waals surface area contributed by atoms with E-state index in [1.165, 1.54) is 0 Å². The van der Waals surface area contributed by atoms with Crippen molar-refractivity contribution in [1.82, 2.24) is 54.0 Å². The van der Waals surface area contributed by atoms with Gasteiger partial charge in [0, 0.05) is 82.7 Å². The maximum absolute atomic E-state index is 11.0. The number of aromatic nitrogens is 11. The molecular formula is C82H50N12. The Bertz CT molecular complexity index is 5620. The second kappa shape index (κ2) is 23.3. The molecule has 17 aromatic rings. The molecule has 0 bridgehead atoms. The van der Waals surface area contributed by atoms with Crippen LogP contribution in [0.2, 0.25) is 0 Å². The largest absolute Gasteiger partial charge is 0.309 e. The van der Waals surface area contributed by atoms with Crippen molar-refractivity contribution in [3.63, 3.8) is 0 Å². The van der Waals surface area contributed by atoms with Crippen LogP contribution in [0.25, 0.3) is 169 Å². The zero-order chi connectivity index (χ0) is 62.5. The predicted octanol–water partition coefficient (Wildman–Crippen LogP) is 19.0. The van der Waals surface area contributed by atoms with Crippen molar-refractivity contribution in [2.45, 2.75) is 0 Å². The molecule has 0 aliphatic heterocycles.